The SMILES string of the molecule is CCC(C)NC(=O)C(Cc1ccccc1)N(Cc1ccccc1C)C(=O)CSCc1ccc([N+](=O)[O-])cc1. The van der Waals surface area contributed by atoms with Gasteiger partial charge < -0.3 is 10.2 Å². The van der Waals surface area contributed by atoms with E-state index in [1.54, 1.807) is 17.0 Å². The molecule has 0 radical (unpaired) electrons. The number of hydrogen-bond donors (Lipinski definition) is 1. The van der Waals surface area contributed by atoms with Crippen LogP contribution in [-0.2, 0) is 28.3 Å². The fourth-order valence-corrected chi connectivity index (χ4v) is 4.89. The number of non-ortho nitro benzene ring substituents is 1. The van der Waals surface area contributed by atoms with E-state index in [4.69, 9.17) is 0 Å². The van der Waals surface area contributed by atoms with Gasteiger partial charge in [-0.05, 0) is 42.5 Å². The molecule has 0 heterocycles. The maximum absolute atomic E-state index is 13.7. The smallest absolute Gasteiger partial charge is 0.269 e. The summed E-state index contributed by atoms with van der Waals surface area (Å²) in [6.07, 6.45) is 1.20. The molecule has 0 saturated carbocycles. The standard InChI is InChI=1S/C30H35N3O4S/c1-4-23(3)31-30(35)28(18-24-11-6-5-7-12-24)32(19-26-13-9-8-10-22(26)2)29(34)21-38-20-25-14-16-27(17-15-25)33(36)37/h5-17,23,28H,4,18-21H2,1-3H3,(H,31,35). The van der Waals surface area contributed by atoms with Crippen LogP contribution in [0.1, 0.15) is 42.5 Å². The molecule has 0 aliphatic carbocycles. The lowest BCUT2D eigenvalue weighted by Gasteiger charge is -2.32. The number of nitro benzene ring substituents is 1. The molecular weight excluding hydrogens is 498 g/mol. The first-order valence-corrected chi connectivity index (χ1v) is 13.9. The monoisotopic (exact) mass is 533 g/mol. The van der Waals surface area contributed by atoms with Crippen molar-refractivity contribution in [3.05, 3.63) is 111 Å². The number of nitrogens with zero attached hydrogens (tertiary/aromatic N) is 2. The summed E-state index contributed by atoms with van der Waals surface area (Å²) in [4.78, 5) is 39.5. The molecule has 38 heavy (non-hydrogen) atoms. The zero-order chi connectivity index (χ0) is 27.5. The fourth-order valence-electron chi connectivity index (χ4n) is 4.02. The number of carbonyl (C=O) groups excluding carboxylic acids is 2. The van der Waals surface area contributed by atoms with Crippen molar-refractivity contribution in [2.24, 2.45) is 0 Å². The van der Waals surface area contributed by atoms with Crippen molar-refractivity contribution in [3.8, 4) is 0 Å². The number of thioether (sulfide) groups is 1. The summed E-state index contributed by atoms with van der Waals surface area (Å²) in [5.74, 6) is 0.431. The van der Waals surface area contributed by atoms with Crippen LogP contribution in [0.25, 0.3) is 0 Å². The summed E-state index contributed by atoms with van der Waals surface area (Å²) in [5, 5.41) is 14.0. The lowest BCUT2D eigenvalue weighted by atomic mass is 10.0. The number of hydrogen-bond acceptors (Lipinski definition) is 5. The number of nitro groups is 1. The summed E-state index contributed by atoms with van der Waals surface area (Å²) in [7, 11) is 0. The number of aryl methyl sites for hydroxylation is 1. The molecule has 0 aliphatic rings. The minimum atomic E-state index is -0.668. The number of rotatable bonds is 13. The Balaban J connectivity index is 1.84. The molecule has 0 aliphatic heterocycles. The molecule has 7 nitrogen and oxygen atoms in total. The van der Waals surface area contributed by atoms with Gasteiger partial charge in [0, 0.05) is 36.9 Å². The molecule has 2 amide bonds. The molecule has 0 saturated heterocycles. The third-order valence-corrected chi connectivity index (χ3v) is 7.50. The highest BCUT2D eigenvalue weighted by Crippen LogP contribution is 2.21. The van der Waals surface area contributed by atoms with Gasteiger partial charge in [0.2, 0.25) is 11.8 Å². The average molecular weight is 534 g/mol. The molecule has 3 aromatic rings. The predicted octanol–water partition coefficient (Wildman–Crippen LogP) is 5.69. The third kappa shape index (κ3) is 8.45. The summed E-state index contributed by atoms with van der Waals surface area (Å²) >= 11 is 1.43. The average Bonchev–Trinajstić information content (AvgIpc) is 2.92. The van der Waals surface area contributed by atoms with E-state index in [2.05, 4.69) is 5.32 Å². The largest absolute Gasteiger partial charge is 0.352 e. The van der Waals surface area contributed by atoms with Crippen molar-refractivity contribution in [3.63, 3.8) is 0 Å². The lowest BCUT2D eigenvalue weighted by molar-refractivity contribution is -0.384. The van der Waals surface area contributed by atoms with Gasteiger partial charge in [-0.2, -0.15) is 0 Å². The van der Waals surface area contributed by atoms with Gasteiger partial charge in [-0.25, -0.2) is 0 Å². The zero-order valence-electron chi connectivity index (χ0n) is 22.1. The summed E-state index contributed by atoms with van der Waals surface area (Å²) in [6.45, 7) is 6.31. The van der Waals surface area contributed by atoms with Gasteiger partial charge in [0.05, 0.1) is 10.7 Å². The third-order valence-electron chi connectivity index (χ3n) is 6.52. The van der Waals surface area contributed by atoms with E-state index in [9.17, 15) is 19.7 Å². The highest BCUT2D eigenvalue weighted by atomic mass is 32.2. The molecule has 3 aromatic carbocycles. The van der Waals surface area contributed by atoms with Crippen LogP contribution in [-0.4, -0.2) is 39.5 Å². The molecule has 0 fully saturated rings. The Hall–Kier alpha value is -3.65. The highest BCUT2D eigenvalue weighted by Gasteiger charge is 2.31. The Morgan fingerprint density at radius 3 is 2.26 bits per heavy atom. The van der Waals surface area contributed by atoms with Crippen LogP contribution in [0.3, 0.4) is 0 Å². The second-order valence-corrected chi connectivity index (χ2v) is 10.4. The van der Waals surface area contributed by atoms with E-state index in [-0.39, 0.29) is 29.3 Å². The normalized spacial score (nSPS) is 12.4. The zero-order valence-corrected chi connectivity index (χ0v) is 22.9. The van der Waals surface area contributed by atoms with E-state index >= 15 is 0 Å². The first-order chi connectivity index (χ1) is 18.3. The van der Waals surface area contributed by atoms with Crippen LogP contribution in [0, 0.1) is 17.0 Å². The molecule has 1 N–H and O–H groups in total. The Bertz CT molecular complexity index is 1220. The van der Waals surface area contributed by atoms with Crippen LogP contribution >= 0.6 is 11.8 Å². The first kappa shape index (κ1) is 28.9. The Labute approximate surface area is 228 Å². The maximum atomic E-state index is 13.7. The van der Waals surface area contributed by atoms with Gasteiger partial charge in [0.25, 0.3) is 5.69 Å². The predicted molar refractivity (Wildman–Crippen MR) is 153 cm³/mol. The molecule has 200 valence electrons. The molecule has 3 rings (SSSR count). The van der Waals surface area contributed by atoms with Crippen LogP contribution in [0.4, 0.5) is 5.69 Å². The summed E-state index contributed by atoms with van der Waals surface area (Å²) in [6, 6.07) is 23.3. The van der Waals surface area contributed by atoms with Crippen LogP contribution < -0.4 is 5.32 Å². The van der Waals surface area contributed by atoms with Crippen molar-refractivity contribution in [1.82, 2.24) is 10.2 Å². The molecule has 2 atom stereocenters. The highest BCUT2D eigenvalue weighted by molar-refractivity contribution is 7.99. The molecule has 0 bridgehead atoms. The van der Waals surface area contributed by atoms with Crippen LogP contribution in [0.2, 0.25) is 0 Å². The van der Waals surface area contributed by atoms with E-state index in [0.717, 1.165) is 28.7 Å². The Morgan fingerprint density at radius 1 is 0.974 bits per heavy atom. The van der Waals surface area contributed by atoms with Crippen LogP contribution in [0.15, 0.2) is 78.9 Å². The minimum Gasteiger partial charge on any atom is -0.352 e. The van der Waals surface area contributed by atoms with E-state index in [1.165, 1.54) is 23.9 Å². The van der Waals surface area contributed by atoms with Crippen molar-refractivity contribution in [1.29, 1.82) is 0 Å². The number of carbonyl (C=O) groups is 2. The van der Waals surface area contributed by atoms with Gasteiger partial charge in [-0.3, -0.25) is 19.7 Å². The summed E-state index contributed by atoms with van der Waals surface area (Å²) < 4.78 is 0. The quantitative estimate of drug-likeness (QED) is 0.225. The van der Waals surface area contributed by atoms with Gasteiger partial charge in [-0.1, -0.05) is 73.7 Å². The number of nitrogens with one attached hydrogen (secondary N) is 1. The molecular formula is C30H35N3O4S. The topological polar surface area (TPSA) is 92.6 Å². The van der Waals surface area contributed by atoms with Crippen molar-refractivity contribution >= 4 is 29.3 Å². The number of amides is 2. The minimum absolute atomic E-state index is 0.00676. The van der Waals surface area contributed by atoms with Gasteiger partial charge in [0.15, 0.2) is 0 Å². The van der Waals surface area contributed by atoms with Gasteiger partial charge in [0.1, 0.15) is 6.04 Å². The summed E-state index contributed by atoms with van der Waals surface area (Å²) in [5.41, 5.74) is 3.97. The molecule has 8 heteroatoms. The van der Waals surface area contributed by atoms with E-state index in [0.29, 0.717) is 18.7 Å². The fraction of sp³-hybridized carbons (Fsp3) is 0.333. The maximum Gasteiger partial charge on any atom is 0.269 e. The van der Waals surface area contributed by atoms with Gasteiger partial charge in [-0.15, -0.1) is 11.8 Å². The van der Waals surface area contributed by atoms with Crippen molar-refractivity contribution in [2.75, 3.05) is 5.75 Å². The molecule has 0 spiro atoms. The molecule has 0 aromatic heterocycles. The van der Waals surface area contributed by atoms with Crippen molar-refractivity contribution < 1.29 is 14.5 Å². The number of benzene rings is 3. The van der Waals surface area contributed by atoms with Gasteiger partial charge >= 0.3 is 0 Å². The van der Waals surface area contributed by atoms with E-state index < -0.39 is 11.0 Å². The first-order valence-electron chi connectivity index (χ1n) is 12.8. The van der Waals surface area contributed by atoms with E-state index in [1.807, 2.05) is 75.4 Å². The van der Waals surface area contributed by atoms with Crippen LogP contribution in [0.5, 0.6) is 0 Å². The Morgan fingerprint density at radius 2 is 1.63 bits per heavy atom. The molecule has 2 unspecified atom stereocenters. The Kier molecular flexibility index (Phi) is 10.9. The van der Waals surface area contributed by atoms with Crippen molar-refractivity contribution in [2.45, 2.75) is 58.0 Å². The second kappa shape index (κ2) is 14.3. The lowest BCUT2D eigenvalue weighted by Crippen LogP contribution is -2.52. The second-order valence-electron chi connectivity index (χ2n) is 9.39.